The maximum Gasteiger partial charge on any atom is 0.308 e. The molecule has 3 rings (SSSR count). The number of amides is 1. The molecule has 0 atom stereocenters. The number of primary amides is 1. The van der Waals surface area contributed by atoms with Crippen LogP contribution in [0, 0.1) is 15.4 Å². The van der Waals surface area contributed by atoms with E-state index in [0.717, 1.165) is 28.5 Å². The van der Waals surface area contributed by atoms with Gasteiger partial charge in [-0.05, 0) is 66.5 Å². The first-order valence-electron chi connectivity index (χ1n) is 8.41. The average Bonchev–Trinajstić information content (AvgIpc) is 2.48. The van der Waals surface area contributed by atoms with Crippen molar-refractivity contribution in [2.24, 2.45) is 17.6 Å². The van der Waals surface area contributed by atoms with Crippen molar-refractivity contribution in [1.82, 2.24) is 0 Å². The van der Waals surface area contributed by atoms with Crippen LogP contribution in [-0.2, 0) is 19.1 Å². The lowest BCUT2D eigenvalue weighted by atomic mass is 9.67. The van der Waals surface area contributed by atoms with Gasteiger partial charge in [0.1, 0.15) is 5.54 Å². The van der Waals surface area contributed by atoms with Crippen molar-refractivity contribution in [2.75, 3.05) is 12.4 Å². The SMILES string of the molecule is COC(=O)C1CC(Nc2cccc(I)c2)(C(N)=O)C1.O=C(O)C1CCC1. The second-order valence-electron chi connectivity index (χ2n) is 6.68. The van der Waals surface area contributed by atoms with Crippen LogP contribution in [0.2, 0.25) is 0 Å². The summed E-state index contributed by atoms with van der Waals surface area (Å²) in [5, 5.41) is 11.4. The maximum absolute atomic E-state index is 11.7. The zero-order valence-electron chi connectivity index (χ0n) is 14.5. The molecule has 0 aliphatic heterocycles. The monoisotopic (exact) mass is 474 g/mol. The van der Waals surface area contributed by atoms with Gasteiger partial charge in [0.15, 0.2) is 0 Å². The fourth-order valence-corrected chi connectivity index (χ4v) is 3.52. The van der Waals surface area contributed by atoms with Crippen LogP contribution >= 0.6 is 22.6 Å². The number of hydrogen-bond donors (Lipinski definition) is 3. The van der Waals surface area contributed by atoms with E-state index >= 15 is 0 Å². The van der Waals surface area contributed by atoms with Crippen LogP contribution in [0.3, 0.4) is 0 Å². The summed E-state index contributed by atoms with van der Waals surface area (Å²) in [5.41, 5.74) is 5.45. The van der Waals surface area contributed by atoms with E-state index < -0.39 is 17.4 Å². The highest BCUT2D eigenvalue weighted by atomic mass is 127. The van der Waals surface area contributed by atoms with E-state index in [1.54, 1.807) is 0 Å². The number of rotatable bonds is 5. The van der Waals surface area contributed by atoms with Crippen LogP contribution in [0.1, 0.15) is 32.1 Å². The summed E-state index contributed by atoms with van der Waals surface area (Å²) in [5.74, 6) is -1.60. The highest BCUT2D eigenvalue weighted by Gasteiger charge is 2.52. The van der Waals surface area contributed by atoms with Gasteiger partial charge < -0.3 is 20.9 Å². The Morgan fingerprint density at radius 3 is 2.31 bits per heavy atom. The molecule has 0 saturated heterocycles. The fraction of sp³-hybridized carbons (Fsp3) is 0.500. The number of esters is 1. The van der Waals surface area contributed by atoms with E-state index in [0.29, 0.717) is 12.8 Å². The lowest BCUT2D eigenvalue weighted by Crippen LogP contribution is -2.61. The molecule has 2 aliphatic carbocycles. The highest BCUT2D eigenvalue weighted by Crippen LogP contribution is 2.41. The van der Waals surface area contributed by atoms with Gasteiger partial charge in [0.05, 0.1) is 18.9 Å². The number of aliphatic carboxylic acids is 1. The van der Waals surface area contributed by atoms with Crippen molar-refractivity contribution in [3.8, 4) is 0 Å². The zero-order valence-corrected chi connectivity index (χ0v) is 16.7. The third-order valence-electron chi connectivity index (χ3n) is 4.86. The Balaban J connectivity index is 0.000000290. The number of carbonyl (C=O) groups excluding carboxylic acids is 2. The summed E-state index contributed by atoms with van der Waals surface area (Å²) in [6.45, 7) is 0. The molecule has 0 aromatic heterocycles. The first-order valence-corrected chi connectivity index (χ1v) is 9.49. The summed E-state index contributed by atoms with van der Waals surface area (Å²) < 4.78 is 5.74. The molecule has 0 bridgehead atoms. The van der Waals surface area contributed by atoms with Crippen LogP contribution in [0.15, 0.2) is 24.3 Å². The van der Waals surface area contributed by atoms with Crippen molar-refractivity contribution >= 4 is 46.1 Å². The Hall–Kier alpha value is -1.84. The Bertz CT molecular complexity index is 684. The molecule has 0 unspecified atom stereocenters. The first kappa shape index (κ1) is 20.5. The molecule has 8 heteroatoms. The normalized spacial score (nSPS) is 24.2. The molecule has 4 N–H and O–H groups in total. The zero-order chi connectivity index (χ0) is 19.3. The topological polar surface area (TPSA) is 119 Å². The van der Waals surface area contributed by atoms with Crippen molar-refractivity contribution in [1.29, 1.82) is 0 Å². The Morgan fingerprint density at radius 1 is 1.27 bits per heavy atom. The minimum Gasteiger partial charge on any atom is -0.481 e. The van der Waals surface area contributed by atoms with Gasteiger partial charge in [-0.1, -0.05) is 12.5 Å². The predicted molar refractivity (Wildman–Crippen MR) is 104 cm³/mol. The van der Waals surface area contributed by atoms with E-state index in [-0.39, 0.29) is 17.8 Å². The number of carbonyl (C=O) groups is 3. The minimum atomic E-state index is -0.844. The molecule has 1 amide bonds. The van der Waals surface area contributed by atoms with E-state index in [1.807, 2.05) is 24.3 Å². The standard InChI is InChI=1S/C13H15IN2O3.C5H8O2/c1-19-11(17)8-6-13(7-8,12(15)18)16-10-4-2-3-9(14)5-10;6-5(7)4-2-1-3-4/h2-5,8,16H,6-7H2,1H3,(H2,15,18);4H,1-3H2,(H,6,7). The van der Waals surface area contributed by atoms with Crippen molar-refractivity contribution < 1.29 is 24.2 Å². The Kier molecular flexibility index (Phi) is 6.85. The maximum atomic E-state index is 11.7. The third-order valence-corrected chi connectivity index (χ3v) is 5.53. The Labute approximate surface area is 165 Å². The van der Waals surface area contributed by atoms with Crippen LogP contribution in [0.4, 0.5) is 5.69 Å². The van der Waals surface area contributed by atoms with E-state index in [4.69, 9.17) is 10.8 Å². The summed E-state index contributed by atoms with van der Waals surface area (Å²) in [7, 11) is 1.35. The van der Waals surface area contributed by atoms with Gasteiger partial charge in [-0.25, -0.2) is 0 Å². The predicted octanol–water partition coefficient (Wildman–Crippen LogP) is 2.38. The number of carboxylic acid groups (broad SMARTS) is 1. The molecule has 7 nitrogen and oxygen atoms in total. The summed E-state index contributed by atoms with van der Waals surface area (Å²) in [6.07, 6.45) is 3.66. The summed E-state index contributed by atoms with van der Waals surface area (Å²) in [4.78, 5) is 33.0. The molecule has 0 heterocycles. The second kappa shape index (κ2) is 8.70. The third kappa shape index (κ3) is 4.87. The first-order chi connectivity index (χ1) is 12.3. The minimum absolute atomic E-state index is 0.000000000000000444. The van der Waals surface area contributed by atoms with Gasteiger partial charge in [-0.15, -0.1) is 0 Å². The molecule has 1 aromatic carbocycles. The molecule has 2 saturated carbocycles. The quantitative estimate of drug-likeness (QED) is 0.446. The molecular formula is C18H23IN2O5. The number of benzene rings is 1. The van der Waals surface area contributed by atoms with Crippen LogP contribution in [0.5, 0.6) is 0 Å². The molecule has 26 heavy (non-hydrogen) atoms. The number of halogens is 1. The lowest BCUT2D eigenvalue weighted by molar-refractivity contribution is -0.152. The van der Waals surface area contributed by atoms with Crippen molar-refractivity contribution in [3.63, 3.8) is 0 Å². The number of methoxy groups -OCH3 is 1. The van der Waals surface area contributed by atoms with Gasteiger partial charge in [-0.2, -0.15) is 0 Å². The number of hydrogen-bond acceptors (Lipinski definition) is 5. The van der Waals surface area contributed by atoms with Gasteiger partial charge in [0.2, 0.25) is 5.91 Å². The van der Waals surface area contributed by atoms with Crippen LogP contribution in [-0.4, -0.2) is 35.6 Å². The fourth-order valence-electron chi connectivity index (χ4n) is 2.98. The number of ether oxygens (including phenoxy) is 1. The lowest BCUT2D eigenvalue weighted by Gasteiger charge is -2.44. The molecule has 2 aliphatic rings. The number of anilines is 1. The van der Waals surface area contributed by atoms with Gasteiger partial charge in [0, 0.05) is 9.26 Å². The van der Waals surface area contributed by atoms with Crippen LogP contribution in [0.25, 0.3) is 0 Å². The molecule has 1 aromatic rings. The molecule has 2 fully saturated rings. The summed E-state index contributed by atoms with van der Waals surface area (Å²) in [6, 6.07) is 7.66. The van der Waals surface area contributed by atoms with Gasteiger partial charge >= 0.3 is 11.9 Å². The molecule has 142 valence electrons. The van der Waals surface area contributed by atoms with Crippen molar-refractivity contribution in [2.45, 2.75) is 37.6 Å². The number of nitrogens with one attached hydrogen (secondary N) is 1. The second-order valence-corrected chi connectivity index (χ2v) is 7.92. The smallest absolute Gasteiger partial charge is 0.308 e. The molecule has 0 spiro atoms. The van der Waals surface area contributed by atoms with E-state index in [1.165, 1.54) is 7.11 Å². The number of carboxylic acids is 1. The van der Waals surface area contributed by atoms with E-state index in [9.17, 15) is 14.4 Å². The number of nitrogens with two attached hydrogens (primary N) is 1. The molecular weight excluding hydrogens is 451 g/mol. The van der Waals surface area contributed by atoms with Gasteiger partial charge in [0.25, 0.3) is 0 Å². The average molecular weight is 474 g/mol. The van der Waals surface area contributed by atoms with Crippen LogP contribution < -0.4 is 11.1 Å². The highest BCUT2D eigenvalue weighted by molar-refractivity contribution is 14.1. The Morgan fingerprint density at radius 2 is 1.92 bits per heavy atom. The van der Waals surface area contributed by atoms with Gasteiger partial charge in [-0.3, -0.25) is 14.4 Å². The largest absolute Gasteiger partial charge is 0.481 e. The molecule has 0 radical (unpaired) electrons. The summed E-state index contributed by atoms with van der Waals surface area (Å²) >= 11 is 2.19. The van der Waals surface area contributed by atoms with Crippen molar-refractivity contribution in [3.05, 3.63) is 27.8 Å². The van der Waals surface area contributed by atoms with E-state index in [2.05, 4.69) is 32.6 Å².